The van der Waals surface area contributed by atoms with Crippen LogP contribution in [0.3, 0.4) is 0 Å². The van der Waals surface area contributed by atoms with Crippen LogP contribution in [0, 0.1) is 6.92 Å². The van der Waals surface area contributed by atoms with Gasteiger partial charge in [-0.2, -0.15) is 0 Å². The Morgan fingerprint density at radius 1 is 1.20 bits per heavy atom. The van der Waals surface area contributed by atoms with Gasteiger partial charge in [-0.1, -0.05) is 24.3 Å². The maximum atomic E-state index is 12.4. The fraction of sp³-hybridized carbons (Fsp3) is 0.421. The molecular weight excluding hydrogens is 314 g/mol. The van der Waals surface area contributed by atoms with Crippen LogP contribution in [0.5, 0.6) is 0 Å². The molecule has 0 saturated carbocycles. The fourth-order valence-corrected chi connectivity index (χ4v) is 3.23. The average Bonchev–Trinajstić information content (AvgIpc) is 2.63. The number of piperazine rings is 1. The van der Waals surface area contributed by atoms with Crippen molar-refractivity contribution in [1.29, 1.82) is 0 Å². The van der Waals surface area contributed by atoms with E-state index in [1.807, 2.05) is 19.1 Å². The summed E-state index contributed by atoms with van der Waals surface area (Å²) in [6, 6.07) is 8.19. The number of carbonyl (C=O) groups is 1. The molecule has 1 aromatic heterocycles. The molecule has 0 radical (unpaired) electrons. The van der Waals surface area contributed by atoms with Crippen LogP contribution in [-0.2, 0) is 4.79 Å². The smallest absolute Gasteiger partial charge is 0.234 e. The minimum absolute atomic E-state index is 0.0228. The zero-order valence-electron chi connectivity index (χ0n) is 14.9. The fourth-order valence-electron chi connectivity index (χ4n) is 3.23. The third-order valence-electron chi connectivity index (χ3n) is 4.65. The van der Waals surface area contributed by atoms with Crippen LogP contribution in [0.15, 0.2) is 42.9 Å². The summed E-state index contributed by atoms with van der Waals surface area (Å²) in [5, 5.41) is 3.11. The maximum Gasteiger partial charge on any atom is 0.234 e. The van der Waals surface area contributed by atoms with Crippen LogP contribution in [0.1, 0.15) is 24.1 Å². The van der Waals surface area contributed by atoms with Crippen molar-refractivity contribution >= 4 is 11.7 Å². The molecule has 25 heavy (non-hydrogen) atoms. The Hall–Kier alpha value is -2.47. The number of nitrogens with one attached hydrogen (secondary N) is 1. The number of aryl methyl sites for hydroxylation is 1. The molecule has 0 spiro atoms. The summed E-state index contributed by atoms with van der Waals surface area (Å²) >= 11 is 0. The lowest BCUT2D eigenvalue weighted by Crippen LogP contribution is -2.50. The molecule has 1 aliphatic heterocycles. The van der Waals surface area contributed by atoms with Crippen LogP contribution in [-0.4, -0.2) is 53.5 Å². The molecule has 1 N–H and O–H groups in total. The van der Waals surface area contributed by atoms with Crippen LogP contribution in [0.4, 0.5) is 5.82 Å². The van der Waals surface area contributed by atoms with Gasteiger partial charge in [0, 0.05) is 38.6 Å². The molecule has 0 aliphatic carbocycles. The van der Waals surface area contributed by atoms with Gasteiger partial charge in [-0.05, 0) is 25.0 Å². The van der Waals surface area contributed by atoms with Crippen LogP contribution >= 0.6 is 0 Å². The molecule has 1 aliphatic rings. The first kappa shape index (κ1) is 17.4. The summed E-state index contributed by atoms with van der Waals surface area (Å²) in [6.07, 6.45) is 5.17. The van der Waals surface area contributed by atoms with E-state index in [1.54, 1.807) is 18.6 Å². The zero-order chi connectivity index (χ0) is 17.6. The lowest BCUT2D eigenvalue weighted by atomic mass is 10.0. The number of carbonyl (C=O) groups excluding carboxylic acids is 1. The molecule has 2 heterocycles. The van der Waals surface area contributed by atoms with Gasteiger partial charge in [0.05, 0.1) is 18.8 Å². The average molecular weight is 339 g/mol. The van der Waals surface area contributed by atoms with Crippen LogP contribution in [0.2, 0.25) is 0 Å². The Morgan fingerprint density at radius 3 is 2.64 bits per heavy atom. The molecule has 1 fully saturated rings. The molecule has 0 bridgehead atoms. The molecule has 132 valence electrons. The highest BCUT2D eigenvalue weighted by Crippen LogP contribution is 2.16. The summed E-state index contributed by atoms with van der Waals surface area (Å²) in [5.41, 5.74) is 2.37. The lowest BCUT2D eigenvalue weighted by Gasteiger charge is -2.34. The topological polar surface area (TPSA) is 61.4 Å². The Kier molecular flexibility index (Phi) is 5.60. The summed E-state index contributed by atoms with van der Waals surface area (Å²) in [7, 11) is 0. The first-order chi connectivity index (χ1) is 12.1. The second kappa shape index (κ2) is 8.07. The molecule has 1 atom stereocenters. The highest BCUT2D eigenvalue weighted by atomic mass is 16.2. The molecule has 2 aromatic rings. The van der Waals surface area contributed by atoms with Crippen molar-refractivity contribution < 1.29 is 4.79 Å². The summed E-state index contributed by atoms with van der Waals surface area (Å²) in [6.45, 7) is 7.96. The predicted octanol–water partition coefficient (Wildman–Crippen LogP) is 1.78. The second-order valence-electron chi connectivity index (χ2n) is 6.47. The van der Waals surface area contributed by atoms with Gasteiger partial charge in [0.15, 0.2) is 0 Å². The maximum absolute atomic E-state index is 12.4. The molecule has 6 heteroatoms. The van der Waals surface area contributed by atoms with Crippen LogP contribution < -0.4 is 10.2 Å². The van der Waals surface area contributed by atoms with Gasteiger partial charge >= 0.3 is 0 Å². The molecule has 3 rings (SSSR count). The third kappa shape index (κ3) is 4.54. The zero-order valence-corrected chi connectivity index (χ0v) is 14.9. The largest absolute Gasteiger partial charge is 0.353 e. The molecule has 1 aromatic carbocycles. The van der Waals surface area contributed by atoms with E-state index < -0.39 is 0 Å². The number of rotatable bonds is 5. The van der Waals surface area contributed by atoms with Gasteiger partial charge in [0.2, 0.25) is 5.91 Å². The highest BCUT2D eigenvalue weighted by molar-refractivity contribution is 5.78. The summed E-state index contributed by atoms with van der Waals surface area (Å²) in [4.78, 5) is 25.2. The minimum atomic E-state index is 0.0228. The Labute approximate surface area is 148 Å². The van der Waals surface area contributed by atoms with E-state index in [1.165, 1.54) is 11.1 Å². The number of hydrogen-bond donors (Lipinski definition) is 1. The van der Waals surface area contributed by atoms with E-state index in [0.717, 1.165) is 32.0 Å². The van der Waals surface area contributed by atoms with E-state index >= 15 is 0 Å². The number of hydrogen-bond acceptors (Lipinski definition) is 5. The predicted molar refractivity (Wildman–Crippen MR) is 98.4 cm³/mol. The van der Waals surface area contributed by atoms with Gasteiger partial charge in [0.1, 0.15) is 5.82 Å². The Bertz CT molecular complexity index is 698. The van der Waals surface area contributed by atoms with Gasteiger partial charge in [-0.25, -0.2) is 4.98 Å². The monoisotopic (exact) mass is 339 g/mol. The first-order valence-corrected chi connectivity index (χ1v) is 8.71. The van der Waals surface area contributed by atoms with Gasteiger partial charge in [-0.3, -0.25) is 14.7 Å². The van der Waals surface area contributed by atoms with Crippen molar-refractivity contribution in [2.75, 3.05) is 37.6 Å². The number of aromatic nitrogens is 2. The standard InChI is InChI=1S/C19H25N5O/c1-15-5-3-4-6-17(15)16(2)22-19(25)14-23-9-11-24(12-10-23)18-13-20-7-8-21-18/h3-8,13,16H,9-12,14H2,1-2H3,(H,22,25). The number of nitrogens with zero attached hydrogens (tertiary/aromatic N) is 4. The van der Waals surface area contributed by atoms with Gasteiger partial charge in [0.25, 0.3) is 0 Å². The van der Waals surface area contributed by atoms with Crippen molar-refractivity contribution in [2.45, 2.75) is 19.9 Å². The molecule has 1 amide bonds. The second-order valence-corrected chi connectivity index (χ2v) is 6.47. The van der Waals surface area contributed by atoms with Crippen molar-refractivity contribution in [1.82, 2.24) is 20.2 Å². The van der Waals surface area contributed by atoms with E-state index in [0.29, 0.717) is 6.54 Å². The van der Waals surface area contributed by atoms with Crippen molar-refractivity contribution in [3.8, 4) is 0 Å². The normalized spacial score (nSPS) is 16.5. The van der Waals surface area contributed by atoms with Crippen LogP contribution in [0.25, 0.3) is 0 Å². The molecule has 1 saturated heterocycles. The highest BCUT2D eigenvalue weighted by Gasteiger charge is 2.20. The summed E-state index contributed by atoms with van der Waals surface area (Å²) in [5.74, 6) is 0.975. The number of anilines is 1. The van der Waals surface area contributed by atoms with E-state index in [-0.39, 0.29) is 11.9 Å². The van der Waals surface area contributed by atoms with E-state index in [9.17, 15) is 4.79 Å². The van der Waals surface area contributed by atoms with Crippen molar-refractivity contribution in [3.63, 3.8) is 0 Å². The third-order valence-corrected chi connectivity index (χ3v) is 4.65. The number of benzene rings is 1. The first-order valence-electron chi connectivity index (χ1n) is 8.71. The van der Waals surface area contributed by atoms with E-state index in [2.05, 4.69) is 44.1 Å². The Balaban J connectivity index is 1.47. The summed E-state index contributed by atoms with van der Waals surface area (Å²) < 4.78 is 0. The lowest BCUT2D eigenvalue weighted by molar-refractivity contribution is -0.123. The van der Waals surface area contributed by atoms with Gasteiger partial charge in [-0.15, -0.1) is 0 Å². The SMILES string of the molecule is Cc1ccccc1C(C)NC(=O)CN1CCN(c2cnccn2)CC1. The van der Waals surface area contributed by atoms with Crippen molar-refractivity contribution in [3.05, 3.63) is 54.0 Å². The molecular formula is C19H25N5O. The van der Waals surface area contributed by atoms with Gasteiger partial charge < -0.3 is 10.2 Å². The van der Waals surface area contributed by atoms with Crippen molar-refractivity contribution in [2.24, 2.45) is 0 Å². The molecule has 6 nitrogen and oxygen atoms in total. The quantitative estimate of drug-likeness (QED) is 0.900. The van der Waals surface area contributed by atoms with E-state index in [4.69, 9.17) is 0 Å². The molecule has 1 unspecified atom stereocenters. The Morgan fingerprint density at radius 2 is 1.96 bits per heavy atom. The number of amides is 1. The minimum Gasteiger partial charge on any atom is -0.353 e.